The van der Waals surface area contributed by atoms with Crippen molar-refractivity contribution >= 4 is 11.9 Å². The average Bonchev–Trinajstić information content (AvgIpc) is 1.99. The van der Waals surface area contributed by atoms with Crippen molar-refractivity contribution in [3.05, 3.63) is 0 Å². The number of nitrogens with two attached hydrogens (primary N) is 1. The van der Waals surface area contributed by atoms with E-state index in [1.165, 1.54) is 0 Å². The summed E-state index contributed by atoms with van der Waals surface area (Å²) in [4.78, 5) is 10.9. The Morgan fingerprint density at radius 3 is 2.67 bits per heavy atom. The third-order valence-electron chi connectivity index (χ3n) is 0.978. The van der Waals surface area contributed by atoms with Crippen LogP contribution in [0.1, 0.15) is 13.8 Å². The van der Waals surface area contributed by atoms with Crippen molar-refractivity contribution in [2.45, 2.75) is 19.9 Å². The molecule has 0 aromatic carbocycles. The first-order valence-electron chi connectivity index (χ1n) is 3.57. The summed E-state index contributed by atoms with van der Waals surface area (Å²) >= 11 is 0. The molecular weight excluding hydrogens is 160 g/mol. The van der Waals surface area contributed by atoms with Crippen molar-refractivity contribution in [3.63, 3.8) is 0 Å². The molecule has 0 atom stereocenters. The monoisotopic (exact) mass is 174 g/mol. The fourth-order valence-corrected chi connectivity index (χ4v) is 0.519. The van der Waals surface area contributed by atoms with Gasteiger partial charge >= 0.3 is 6.03 Å². The number of rotatable bonds is 3. The highest BCUT2D eigenvalue weighted by molar-refractivity contribution is 5.86. The Morgan fingerprint density at radius 1 is 1.67 bits per heavy atom. The van der Waals surface area contributed by atoms with E-state index in [0.29, 0.717) is 0 Å². The third-order valence-corrected chi connectivity index (χ3v) is 0.978. The van der Waals surface area contributed by atoms with E-state index in [1.807, 2.05) is 13.8 Å². The maximum absolute atomic E-state index is 10.9. The maximum atomic E-state index is 10.9. The summed E-state index contributed by atoms with van der Waals surface area (Å²) in [6.45, 7) is 3.71. The quantitative estimate of drug-likeness (QED) is 0.200. The second-order valence-electron chi connectivity index (χ2n) is 2.57. The minimum atomic E-state index is -0.336. The van der Waals surface area contributed by atoms with E-state index in [2.05, 4.69) is 15.8 Å². The van der Waals surface area contributed by atoms with Gasteiger partial charge in [-0.3, -0.25) is 0 Å². The lowest BCUT2D eigenvalue weighted by molar-refractivity contribution is 0.239. The van der Waals surface area contributed by atoms with Gasteiger partial charge in [0, 0.05) is 6.04 Å². The number of nitrogens with zero attached hydrogens (tertiary/aromatic N) is 1. The number of amidine groups is 1. The fourth-order valence-electron chi connectivity index (χ4n) is 0.519. The molecule has 0 rings (SSSR count). The number of amides is 2. The molecule has 70 valence electrons. The van der Waals surface area contributed by atoms with Crippen LogP contribution in [-0.4, -0.2) is 29.7 Å². The zero-order valence-corrected chi connectivity index (χ0v) is 7.16. The van der Waals surface area contributed by atoms with Crippen LogP contribution in [0, 0.1) is 0 Å². The van der Waals surface area contributed by atoms with Gasteiger partial charge in [-0.2, -0.15) is 0 Å². The van der Waals surface area contributed by atoms with E-state index in [4.69, 9.17) is 10.9 Å². The molecule has 12 heavy (non-hydrogen) atoms. The van der Waals surface area contributed by atoms with Gasteiger partial charge in [0.05, 0.1) is 6.54 Å². The number of hydrogen-bond donors (Lipinski definition) is 4. The van der Waals surface area contributed by atoms with Crippen LogP contribution in [0.3, 0.4) is 0 Å². The van der Waals surface area contributed by atoms with Gasteiger partial charge in [0.1, 0.15) is 0 Å². The van der Waals surface area contributed by atoms with E-state index in [-0.39, 0.29) is 24.5 Å². The summed E-state index contributed by atoms with van der Waals surface area (Å²) in [5, 5.41) is 15.8. The summed E-state index contributed by atoms with van der Waals surface area (Å²) in [5.74, 6) is -0.0334. The third kappa shape index (κ3) is 5.33. The summed E-state index contributed by atoms with van der Waals surface area (Å²) < 4.78 is 0. The number of urea groups is 1. The second-order valence-corrected chi connectivity index (χ2v) is 2.57. The number of oxime groups is 1. The molecule has 6 nitrogen and oxygen atoms in total. The molecule has 6 heteroatoms. The summed E-state index contributed by atoms with van der Waals surface area (Å²) in [6, 6.07) is -0.270. The molecular formula is C6H14N4O2. The lowest BCUT2D eigenvalue weighted by Crippen LogP contribution is -2.43. The highest BCUT2D eigenvalue weighted by Crippen LogP contribution is 1.75. The van der Waals surface area contributed by atoms with E-state index in [1.54, 1.807) is 0 Å². The van der Waals surface area contributed by atoms with Crippen LogP contribution in [-0.2, 0) is 0 Å². The largest absolute Gasteiger partial charge is 0.409 e. The number of nitrogens with one attached hydrogen (secondary N) is 2. The molecule has 0 spiro atoms. The van der Waals surface area contributed by atoms with Crippen molar-refractivity contribution in [1.82, 2.24) is 10.6 Å². The molecule has 0 saturated heterocycles. The van der Waals surface area contributed by atoms with Crippen LogP contribution in [0.5, 0.6) is 0 Å². The van der Waals surface area contributed by atoms with Crippen LogP contribution in [0.4, 0.5) is 4.79 Å². The SMILES string of the molecule is CC(C)NC(=O)NC/C(N)=N/O. The summed E-state index contributed by atoms with van der Waals surface area (Å²) in [6.07, 6.45) is 0. The Kier molecular flexibility index (Phi) is 4.59. The lowest BCUT2D eigenvalue weighted by atomic mass is 10.4. The normalized spacial score (nSPS) is 11.4. The molecule has 0 radical (unpaired) electrons. The van der Waals surface area contributed by atoms with Crippen LogP contribution >= 0.6 is 0 Å². The Hall–Kier alpha value is -1.46. The van der Waals surface area contributed by atoms with E-state index in [9.17, 15) is 4.79 Å². The van der Waals surface area contributed by atoms with Gasteiger partial charge in [-0.1, -0.05) is 5.16 Å². The molecule has 0 aromatic heterocycles. The standard InChI is InChI=1S/C6H14N4O2/c1-4(2)9-6(11)8-3-5(7)10-12/h4,12H,3H2,1-2H3,(H2,7,10)(H2,8,9,11). The van der Waals surface area contributed by atoms with Gasteiger partial charge in [0.25, 0.3) is 0 Å². The summed E-state index contributed by atoms with van der Waals surface area (Å²) in [7, 11) is 0. The summed E-state index contributed by atoms with van der Waals surface area (Å²) in [5.41, 5.74) is 5.11. The number of carbonyl (C=O) groups excluding carboxylic acids is 1. The highest BCUT2D eigenvalue weighted by atomic mass is 16.4. The molecule has 0 aliphatic heterocycles. The fraction of sp³-hybridized carbons (Fsp3) is 0.667. The number of hydrogen-bond acceptors (Lipinski definition) is 3. The van der Waals surface area contributed by atoms with E-state index >= 15 is 0 Å². The molecule has 0 heterocycles. The Balaban J connectivity index is 3.58. The van der Waals surface area contributed by atoms with Gasteiger partial charge in [-0.05, 0) is 13.8 Å². The van der Waals surface area contributed by atoms with Crippen LogP contribution in [0.25, 0.3) is 0 Å². The van der Waals surface area contributed by atoms with E-state index in [0.717, 1.165) is 0 Å². The predicted octanol–water partition coefficient (Wildman–Crippen LogP) is -0.560. The zero-order chi connectivity index (χ0) is 9.56. The van der Waals surface area contributed by atoms with Crippen LogP contribution < -0.4 is 16.4 Å². The Morgan fingerprint density at radius 2 is 2.25 bits per heavy atom. The smallest absolute Gasteiger partial charge is 0.315 e. The van der Waals surface area contributed by atoms with Gasteiger partial charge in [0.15, 0.2) is 5.84 Å². The van der Waals surface area contributed by atoms with Crippen molar-refractivity contribution in [2.75, 3.05) is 6.54 Å². The molecule has 2 amide bonds. The lowest BCUT2D eigenvalue weighted by Gasteiger charge is -2.08. The van der Waals surface area contributed by atoms with Crippen molar-refractivity contribution in [1.29, 1.82) is 0 Å². The van der Waals surface area contributed by atoms with Gasteiger partial charge in [-0.25, -0.2) is 4.79 Å². The van der Waals surface area contributed by atoms with Gasteiger partial charge < -0.3 is 21.6 Å². The first-order chi connectivity index (χ1) is 5.56. The minimum Gasteiger partial charge on any atom is -0.409 e. The van der Waals surface area contributed by atoms with Gasteiger partial charge in [0.2, 0.25) is 0 Å². The minimum absolute atomic E-state index is 0.0334. The van der Waals surface area contributed by atoms with Crippen molar-refractivity contribution in [2.24, 2.45) is 10.9 Å². The first kappa shape index (κ1) is 10.5. The molecule has 0 aliphatic carbocycles. The van der Waals surface area contributed by atoms with Gasteiger partial charge in [-0.15, -0.1) is 0 Å². The van der Waals surface area contributed by atoms with Crippen LogP contribution in [0.2, 0.25) is 0 Å². The van der Waals surface area contributed by atoms with E-state index < -0.39 is 0 Å². The molecule has 0 aliphatic rings. The predicted molar refractivity (Wildman–Crippen MR) is 45.1 cm³/mol. The maximum Gasteiger partial charge on any atom is 0.315 e. The Bertz CT molecular complexity index is 178. The molecule has 0 saturated carbocycles. The second kappa shape index (κ2) is 5.22. The highest BCUT2D eigenvalue weighted by Gasteiger charge is 2.01. The topological polar surface area (TPSA) is 99.7 Å². The average molecular weight is 174 g/mol. The first-order valence-corrected chi connectivity index (χ1v) is 3.57. The molecule has 5 N–H and O–H groups in total. The number of carbonyl (C=O) groups is 1. The van der Waals surface area contributed by atoms with Crippen molar-refractivity contribution in [3.8, 4) is 0 Å². The van der Waals surface area contributed by atoms with Crippen LogP contribution in [0.15, 0.2) is 5.16 Å². The molecule has 0 bridgehead atoms. The van der Waals surface area contributed by atoms with Crippen molar-refractivity contribution < 1.29 is 10.0 Å². The molecule has 0 aromatic rings. The Labute approximate surface area is 70.8 Å². The zero-order valence-electron chi connectivity index (χ0n) is 7.16. The molecule has 0 unspecified atom stereocenters. The molecule has 0 fully saturated rings.